The lowest BCUT2D eigenvalue weighted by Gasteiger charge is -2.32. The van der Waals surface area contributed by atoms with E-state index < -0.39 is 20.5 Å². The molecule has 0 fully saturated rings. The Balaban J connectivity index is 2.98. The summed E-state index contributed by atoms with van der Waals surface area (Å²) in [6, 6.07) is 4.86. The second-order valence-corrected chi connectivity index (χ2v) is 8.66. The van der Waals surface area contributed by atoms with Crippen molar-refractivity contribution in [3.63, 3.8) is 0 Å². The third kappa shape index (κ3) is 5.43. The highest BCUT2D eigenvalue weighted by atomic mass is 32.2. The summed E-state index contributed by atoms with van der Waals surface area (Å²) in [5.74, 6) is 0. The molecule has 0 aliphatic carbocycles. The van der Waals surface area contributed by atoms with Crippen LogP contribution in [0.5, 0.6) is 0 Å². The molecule has 0 spiro atoms. The third-order valence-electron chi connectivity index (χ3n) is 2.74. The monoisotopic (exact) mass is 314 g/mol. The topological polar surface area (TPSA) is 89.3 Å². The molecule has 0 aromatic heterocycles. The Bertz CT molecular complexity index is 613. The molecule has 0 atom stereocenters. The maximum Gasteiger partial charge on any atom is 0.269 e. The second-order valence-electron chi connectivity index (χ2n) is 6.98. The number of sulfonamides is 1. The Morgan fingerprint density at radius 1 is 1.10 bits per heavy atom. The number of hydrogen-bond acceptors (Lipinski definition) is 4. The molecule has 1 aromatic carbocycles. The molecular formula is C14H22N2O4S. The zero-order valence-corrected chi connectivity index (χ0v) is 13.8. The largest absolute Gasteiger partial charge is 0.269 e. The smallest absolute Gasteiger partial charge is 0.258 e. The van der Waals surface area contributed by atoms with Crippen LogP contribution in [0.3, 0.4) is 0 Å². The Hall–Kier alpha value is -1.47. The van der Waals surface area contributed by atoms with Crippen LogP contribution in [-0.2, 0) is 10.0 Å². The fourth-order valence-electron chi connectivity index (χ4n) is 2.53. The van der Waals surface area contributed by atoms with Crippen LogP contribution in [0.4, 0.5) is 5.69 Å². The van der Waals surface area contributed by atoms with E-state index in [1.807, 2.05) is 34.6 Å². The minimum atomic E-state index is -3.71. The number of nitrogens with zero attached hydrogens (tertiary/aromatic N) is 1. The van der Waals surface area contributed by atoms with Gasteiger partial charge in [0.25, 0.3) is 5.69 Å². The van der Waals surface area contributed by atoms with Gasteiger partial charge in [0.1, 0.15) is 0 Å². The van der Waals surface area contributed by atoms with Gasteiger partial charge >= 0.3 is 0 Å². The summed E-state index contributed by atoms with van der Waals surface area (Å²) < 4.78 is 27.3. The van der Waals surface area contributed by atoms with E-state index in [4.69, 9.17) is 0 Å². The molecule has 0 radical (unpaired) electrons. The standard InChI is InChI=1S/C14H22N2O4S/c1-13(2,3)10-14(4,5)15-21(19,20)12-8-6-11(7-9-12)16(17)18/h6-9,15H,10H2,1-5H3. The van der Waals surface area contributed by atoms with Crippen LogP contribution in [0.15, 0.2) is 29.2 Å². The summed E-state index contributed by atoms with van der Waals surface area (Å²) in [5, 5.41) is 10.6. The Morgan fingerprint density at radius 3 is 1.95 bits per heavy atom. The van der Waals surface area contributed by atoms with Crippen LogP contribution in [0.25, 0.3) is 0 Å². The normalized spacial score (nSPS) is 13.2. The average Bonchev–Trinajstić information content (AvgIpc) is 2.24. The van der Waals surface area contributed by atoms with E-state index in [0.717, 1.165) is 0 Å². The van der Waals surface area contributed by atoms with E-state index >= 15 is 0 Å². The summed E-state index contributed by atoms with van der Waals surface area (Å²) in [6.45, 7) is 9.75. The predicted octanol–water partition coefficient (Wildman–Crippen LogP) is 3.09. The average molecular weight is 314 g/mol. The van der Waals surface area contributed by atoms with Gasteiger partial charge in [-0.05, 0) is 37.8 Å². The fourth-order valence-corrected chi connectivity index (χ4v) is 3.94. The highest BCUT2D eigenvalue weighted by molar-refractivity contribution is 7.89. The quantitative estimate of drug-likeness (QED) is 0.668. The number of benzene rings is 1. The van der Waals surface area contributed by atoms with Crippen molar-refractivity contribution < 1.29 is 13.3 Å². The van der Waals surface area contributed by atoms with E-state index in [0.29, 0.717) is 6.42 Å². The van der Waals surface area contributed by atoms with Gasteiger partial charge in [0.15, 0.2) is 0 Å². The first-order chi connectivity index (χ1) is 9.32. The van der Waals surface area contributed by atoms with Crippen molar-refractivity contribution in [2.75, 3.05) is 0 Å². The lowest BCUT2D eigenvalue weighted by atomic mass is 9.82. The number of nitro benzene ring substituents is 1. The van der Waals surface area contributed by atoms with Gasteiger partial charge in [-0.1, -0.05) is 20.8 Å². The second kappa shape index (κ2) is 5.73. The summed E-state index contributed by atoms with van der Waals surface area (Å²) in [6.07, 6.45) is 0.659. The van der Waals surface area contributed by atoms with Crippen molar-refractivity contribution in [1.82, 2.24) is 4.72 Å². The molecule has 0 aliphatic rings. The minimum Gasteiger partial charge on any atom is -0.258 e. The van der Waals surface area contributed by atoms with Crippen LogP contribution >= 0.6 is 0 Å². The van der Waals surface area contributed by atoms with Crippen molar-refractivity contribution in [2.24, 2.45) is 5.41 Å². The Morgan fingerprint density at radius 2 is 1.57 bits per heavy atom. The van der Waals surface area contributed by atoms with Gasteiger partial charge in [0.2, 0.25) is 10.0 Å². The molecule has 0 saturated carbocycles. The van der Waals surface area contributed by atoms with Gasteiger partial charge in [-0.15, -0.1) is 0 Å². The van der Waals surface area contributed by atoms with Gasteiger partial charge in [-0.25, -0.2) is 13.1 Å². The third-order valence-corrected chi connectivity index (χ3v) is 4.45. The number of nitro groups is 1. The van der Waals surface area contributed by atoms with Gasteiger partial charge in [0.05, 0.1) is 9.82 Å². The maximum absolute atomic E-state index is 12.3. The van der Waals surface area contributed by atoms with Crippen LogP contribution in [0, 0.1) is 15.5 Å². The van der Waals surface area contributed by atoms with E-state index in [2.05, 4.69) is 4.72 Å². The molecule has 0 unspecified atom stereocenters. The number of hydrogen-bond donors (Lipinski definition) is 1. The zero-order chi connectivity index (χ0) is 16.5. The van der Waals surface area contributed by atoms with Crippen molar-refractivity contribution in [3.05, 3.63) is 34.4 Å². The van der Waals surface area contributed by atoms with Crippen LogP contribution in [0.2, 0.25) is 0 Å². The van der Waals surface area contributed by atoms with Crippen molar-refractivity contribution in [2.45, 2.75) is 51.5 Å². The molecule has 0 bridgehead atoms. The lowest BCUT2D eigenvalue weighted by molar-refractivity contribution is -0.384. The van der Waals surface area contributed by atoms with Crippen LogP contribution in [-0.4, -0.2) is 18.9 Å². The van der Waals surface area contributed by atoms with Gasteiger partial charge in [0, 0.05) is 17.7 Å². The number of rotatable bonds is 5. The minimum absolute atomic E-state index is 0.0232. The molecule has 0 saturated heterocycles. The van der Waals surface area contributed by atoms with E-state index in [-0.39, 0.29) is 16.0 Å². The van der Waals surface area contributed by atoms with Crippen molar-refractivity contribution >= 4 is 15.7 Å². The SMILES string of the molecule is CC(C)(C)CC(C)(C)NS(=O)(=O)c1ccc([N+](=O)[O-])cc1. The highest BCUT2D eigenvalue weighted by Crippen LogP contribution is 2.28. The summed E-state index contributed by atoms with van der Waals surface area (Å²) in [5.41, 5.74) is -0.775. The molecule has 0 heterocycles. The molecule has 1 aromatic rings. The molecule has 1 rings (SSSR count). The molecule has 0 aliphatic heterocycles. The zero-order valence-electron chi connectivity index (χ0n) is 13.0. The van der Waals surface area contributed by atoms with Crippen molar-refractivity contribution in [1.29, 1.82) is 0 Å². The molecule has 1 N–H and O–H groups in total. The Kier molecular flexibility index (Phi) is 4.80. The molecule has 6 nitrogen and oxygen atoms in total. The Labute approximate surface area is 125 Å². The molecule has 7 heteroatoms. The highest BCUT2D eigenvalue weighted by Gasteiger charge is 2.30. The molecule has 118 valence electrons. The first-order valence-electron chi connectivity index (χ1n) is 6.61. The first kappa shape index (κ1) is 17.6. The number of nitrogens with one attached hydrogen (secondary N) is 1. The van der Waals surface area contributed by atoms with Gasteiger partial charge in [-0.3, -0.25) is 10.1 Å². The fraction of sp³-hybridized carbons (Fsp3) is 0.571. The summed E-state index contributed by atoms with van der Waals surface area (Å²) >= 11 is 0. The molecular weight excluding hydrogens is 292 g/mol. The molecule has 21 heavy (non-hydrogen) atoms. The molecule has 0 amide bonds. The van der Waals surface area contributed by atoms with E-state index in [1.54, 1.807) is 0 Å². The van der Waals surface area contributed by atoms with Gasteiger partial charge in [-0.2, -0.15) is 0 Å². The maximum atomic E-state index is 12.3. The van der Waals surface area contributed by atoms with Crippen molar-refractivity contribution in [3.8, 4) is 0 Å². The van der Waals surface area contributed by atoms with Crippen LogP contribution < -0.4 is 4.72 Å². The number of non-ortho nitro benzene ring substituents is 1. The summed E-state index contributed by atoms with van der Waals surface area (Å²) in [4.78, 5) is 10.0. The van der Waals surface area contributed by atoms with Crippen LogP contribution in [0.1, 0.15) is 41.0 Å². The van der Waals surface area contributed by atoms with E-state index in [1.165, 1.54) is 24.3 Å². The van der Waals surface area contributed by atoms with Gasteiger partial charge < -0.3 is 0 Å². The lowest BCUT2D eigenvalue weighted by Crippen LogP contribution is -2.45. The predicted molar refractivity (Wildman–Crippen MR) is 81.6 cm³/mol. The van der Waals surface area contributed by atoms with E-state index in [9.17, 15) is 18.5 Å². The first-order valence-corrected chi connectivity index (χ1v) is 8.09. The summed E-state index contributed by atoms with van der Waals surface area (Å²) in [7, 11) is -3.71.